The lowest BCUT2D eigenvalue weighted by atomic mass is 10.1. The van der Waals surface area contributed by atoms with Crippen molar-refractivity contribution in [2.75, 3.05) is 0 Å². The van der Waals surface area contributed by atoms with Gasteiger partial charge in [0.25, 0.3) is 0 Å². The normalized spacial score (nSPS) is 12.7. The fraction of sp³-hybridized carbons (Fsp3) is 0.571. The van der Waals surface area contributed by atoms with Gasteiger partial charge in [-0.2, -0.15) is 0 Å². The van der Waals surface area contributed by atoms with Crippen molar-refractivity contribution in [1.29, 1.82) is 0 Å². The zero-order valence-corrected chi connectivity index (χ0v) is 6.29. The maximum absolute atomic E-state index is 10.1. The molecule has 1 unspecified atom stereocenters. The van der Waals surface area contributed by atoms with Gasteiger partial charge in [0.1, 0.15) is 0 Å². The van der Waals surface area contributed by atoms with Gasteiger partial charge in [0, 0.05) is 0 Å². The predicted molar refractivity (Wildman–Crippen MR) is 40.0 cm³/mol. The maximum Gasteiger partial charge on any atom is 0.405 e. The molecule has 0 rings (SSSR count). The van der Waals surface area contributed by atoms with Gasteiger partial charge in [-0.05, 0) is 5.92 Å². The number of nitrogens with one attached hydrogen (secondary N) is 1. The molecule has 3 heteroatoms. The molecular formula is C7H13NO2. The van der Waals surface area contributed by atoms with Crippen molar-refractivity contribution in [3.8, 4) is 0 Å². The first kappa shape index (κ1) is 9.01. The van der Waals surface area contributed by atoms with E-state index >= 15 is 0 Å². The molecule has 0 radical (unpaired) electrons. The summed E-state index contributed by atoms with van der Waals surface area (Å²) in [6.07, 6.45) is 0.595. The second-order valence-corrected chi connectivity index (χ2v) is 2.45. The van der Waals surface area contributed by atoms with Gasteiger partial charge in [-0.15, -0.1) is 6.58 Å². The summed E-state index contributed by atoms with van der Waals surface area (Å²) in [6, 6.07) is -0.141. The standard InChI is InChI=1S/C7H13NO2/c1-4-6(5(2)3)8-7(9)10/h4-6,8H,1H2,2-3H3,(H,9,10). The van der Waals surface area contributed by atoms with Crippen molar-refractivity contribution >= 4 is 6.09 Å². The zero-order chi connectivity index (χ0) is 8.15. The second kappa shape index (κ2) is 3.93. The molecule has 1 amide bonds. The summed E-state index contributed by atoms with van der Waals surface area (Å²) in [5.41, 5.74) is 0. The number of hydrogen-bond donors (Lipinski definition) is 2. The summed E-state index contributed by atoms with van der Waals surface area (Å²) in [6.45, 7) is 7.38. The van der Waals surface area contributed by atoms with E-state index in [0.717, 1.165) is 0 Å². The first-order valence-corrected chi connectivity index (χ1v) is 3.20. The van der Waals surface area contributed by atoms with Gasteiger partial charge in [-0.1, -0.05) is 19.9 Å². The SMILES string of the molecule is C=CC(NC(=O)O)C(C)C. The van der Waals surface area contributed by atoms with Crippen molar-refractivity contribution in [2.24, 2.45) is 5.92 Å². The maximum atomic E-state index is 10.1. The lowest BCUT2D eigenvalue weighted by Gasteiger charge is -2.15. The average Bonchev–Trinajstić information content (AvgIpc) is 1.81. The molecule has 0 saturated heterocycles. The van der Waals surface area contributed by atoms with Crippen LogP contribution in [0.2, 0.25) is 0 Å². The highest BCUT2D eigenvalue weighted by Gasteiger charge is 2.10. The van der Waals surface area contributed by atoms with Crippen LogP contribution in [0.25, 0.3) is 0 Å². The molecule has 0 aliphatic rings. The highest BCUT2D eigenvalue weighted by atomic mass is 16.4. The summed E-state index contributed by atoms with van der Waals surface area (Å²) in [5.74, 6) is 0.258. The van der Waals surface area contributed by atoms with Gasteiger partial charge in [-0.3, -0.25) is 0 Å². The minimum absolute atomic E-state index is 0.141. The van der Waals surface area contributed by atoms with Gasteiger partial charge in [-0.25, -0.2) is 4.79 Å². The summed E-state index contributed by atoms with van der Waals surface area (Å²) in [4.78, 5) is 10.1. The van der Waals surface area contributed by atoms with Gasteiger partial charge in [0.05, 0.1) is 6.04 Å². The monoisotopic (exact) mass is 143 g/mol. The lowest BCUT2D eigenvalue weighted by Crippen LogP contribution is -2.35. The van der Waals surface area contributed by atoms with Crippen LogP contribution in [0, 0.1) is 5.92 Å². The van der Waals surface area contributed by atoms with Gasteiger partial charge in [0.15, 0.2) is 0 Å². The summed E-state index contributed by atoms with van der Waals surface area (Å²) < 4.78 is 0. The molecule has 0 bridgehead atoms. The molecular weight excluding hydrogens is 130 g/mol. The minimum atomic E-state index is -1.00. The smallest absolute Gasteiger partial charge is 0.405 e. The van der Waals surface area contributed by atoms with Gasteiger partial charge < -0.3 is 10.4 Å². The first-order valence-electron chi connectivity index (χ1n) is 3.20. The Kier molecular flexibility index (Phi) is 3.54. The van der Waals surface area contributed by atoms with Crippen LogP contribution < -0.4 is 5.32 Å². The van der Waals surface area contributed by atoms with E-state index in [1.54, 1.807) is 6.08 Å². The van der Waals surface area contributed by atoms with Crippen molar-refractivity contribution < 1.29 is 9.90 Å². The molecule has 0 aromatic heterocycles. The second-order valence-electron chi connectivity index (χ2n) is 2.45. The van der Waals surface area contributed by atoms with Crippen LogP contribution in [0.3, 0.4) is 0 Å². The Balaban J connectivity index is 3.83. The molecule has 0 heterocycles. The van der Waals surface area contributed by atoms with Crippen molar-refractivity contribution in [1.82, 2.24) is 5.32 Å². The Bertz CT molecular complexity index is 132. The fourth-order valence-corrected chi connectivity index (χ4v) is 0.640. The van der Waals surface area contributed by atoms with E-state index in [1.165, 1.54) is 0 Å². The van der Waals surface area contributed by atoms with E-state index in [4.69, 9.17) is 5.11 Å². The van der Waals surface area contributed by atoms with Gasteiger partial charge >= 0.3 is 6.09 Å². The van der Waals surface area contributed by atoms with E-state index in [1.807, 2.05) is 13.8 Å². The van der Waals surface area contributed by atoms with Crippen LogP contribution in [0.1, 0.15) is 13.8 Å². The summed E-state index contributed by atoms with van der Waals surface area (Å²) in [7, 11) is 0. The summed E-state index contributed by atoms with van der Waals surface area (Å²) >= 11 is 0. The number of hydrogen-bond acceptors (Lipinski definition) is 1. The summed E-state index contributed by atoms with van der Waals surface area (Å²) in [5, 5.41) is 10.6. The quantitative estimate of drug-likeness (QED) is 0.588. The fourth-order valence-electron chi connectivity index (χ4n) is 0.640. The number of amides is 1. The van der Waals surface area contributed by atoms with Crippen LogP contribution in [0.4, 0.5) is 4.79 Å². The number of rotatable bonds is 3. The van der Waals surface area contributed by atoms with E-state index in [0.29, 0.717) is 0 Å². The molecule has 2 N–H and O–H groups in total. The van der Waals surface area contributed by atoms with Crippen molar-refractivity contribution in [2.45, 2.75) is 19.9 Å². The van der Waals surface area contributed by atoms with E-state index in [2.05, 4.69) is 11.9 Å². The molecule has 3 nitrogen and oxygen atoms in total. The number of carbonyl (C=O) groups is 1. The Morgan fingerprint density at radius 3 is 2.30 bits per heavy atom. The Morgan fingerprint density at radius 2 is 2.20 bits per heavy atom. The lowest BCUT2D eigenvalue weighted by molar-refractivity contribution is 0.189. The van der Waals surface area contributed by atoms with E-state index in [9.17, 15) is 4.79 Å². The van der Waals surface area contributed by atoms with E-state index in [-0.39, 0.29) is 12.0 Å². The molecule has 10 heavy (non-hydrogen) atoms. The zero-order valence-electron chi connectivity index (χ0n) is 6.29. The Hall–Kier alpha value is -0.990. The topological polar surface area (TPSA) is 49.3 Å². The molecule has 0 aliphatic carbocycles. The third-order valence-electron chi connectivity index (χ3n) is 1.26. The van der Waals surface area contributed by atoms with Crippen molar-refractivity contribution in [3.63, 3.8) is 0 Å². The molecule has 1 atom stereocenters. The highest BCUT2D eigenvalue weighted by Crippen LogP contribution is 2.01. The van der Waals surface area contributed by atoms with Crippen LogP contribution >= 0.6 is 0 Å². The van der Waals surface area contributed by atoms with Crippen LogP contribution in [-0.4, -0.2) is 17.2 Å². The molecule has 0 aliphatic heterocycles. The Morgan fingerprint density at radius 1 is 1.70 bits per heavy atom. The predicted octanol–water partition coefficient (Wildman–Crippen LogP) is 1.46. The molecule has 0 aromatic rings. The largest absolute Gasteiger partial charge is 0.465 e. The third kappa shape index (κ3) is 3.12. The molecule has 0 saturated carbocycles. The minimum Gasteiger partial charge on any atom is -0.465 e. The molecule has 0 aromatic carbocycles. The third-order valence-corrected chi connectivity index (χ3v) is 1.26. The molecule has 58 valence electrons. The molecule has 0 fully saturated rings. The first-order chi connectivity index (χ1) is 4.57. The Labute approximate surface area is 60.7 Å². The van der Waals surface area contributed by atoms with Crippen molar-refractivity contribution in [3.05, 3.63) is 12.7 Å². The van der Waals surface area contributed by atoms with Crippen LogP contribution in [0.15, 0.2) is 12.7 Å². The van der Waals surface area contributed by atoms with Crippen LogP contribution in [-0.2, 0) is 0 Å². The number of carboxylic acid groups (broad SMARTS) is 1. The van der Waals surface area contributed by atoms with E-state index < -0.39 is 6.09 Å². The van der Waals surface area contributed by atoms with Gasteiger partial charge in [0.2, 0.25) is 0 Å². The molecule has 0 spiro atoms. The average molecular weight is 143 g/mol. The van der Waals surface area contributed by atoms with Crippen LogP contribution in [0.5, 0.6) is 0 Å². The highest BCUT2D eigenvalue weighted by molar-refractivity contribution is 5.65.